The van der Waals surface area contributed by atoms with E-state index in [1.54, 1.807) is 30.3 Å². The minimum absolute atomic E-state index is 0.194. The first-order chi connectivity index (χ1) is 12.6. The molecule has 0 radical (unpaired) electrons. The fraction of sp³-hybridized carbons (Fsp3) is 0. The average molecular weight is 382 g/mol. The molecule has 4 aromatic rings. The van der Waals surface area contributed by atoms with E-state index >= 15 is 0 Å². The topological polar surface area (TPSA) is 46.9 Å². The monoisotopic (exact) mass is 381 g/mol. The predicted molar refractivity (Wildman–Crippen MR) is 107 cm³/mol. The van der Waals surface area contributed by atoms with Crippen molar-refractivity contribution in [3.05, 3.63) is 93.2 Å². The molecule has 0 fully saturated rings. The second kappa shape index (κ2) is 6.83. The largest absolute Gasteiger partial charge is 0.325 e. The second-order valence-electron chi connectivity index (χ2n) is 5.70. The van der Waals surface area contributed by atoms with Crippen molar-refractivity contribution in [1.29, 1.82) is 0 Å². The first-order valence-corrected chi connectivity index (χ1v) is 8.68. The Morgan fingerprint density at radius 3 is 2.27 bits per heavy atom. The molecule has 128 valence electrons. The van der Waals surface area contributed by atoms with Gasteiger partial charge in [0.05, 0.1) is 16.6 Å². The lowest BCUT2D eigenvalue weighted by atomic mass is 10.2. The number of benzene rings is 3. The third-order valence-electron chi connectivity index (χ3n) is 3.95. The Kier molecular flexibility index (Phi) is 4.37. The first kappa shape index (κ1) is 16.6. The molecule has 6 heteroatoms. The van der Waals surface area contributed by atoms with Crippen LogP contribution in [0.5, 0.6) is 0 Å². The molecule has 26 heavy (non-hydrogen) atoms. The van der Waals surface area contributed by atoms with Crippen LogP contribution in [0.1, 0.15) is 0 Å². The number of rotatable bonds is 3. The van der Waals surface area contributed by atoms with Crippen molar-refractivity contribution < 1.29 is 0 Å². The lowest BCUT2D eigenvalue weighted by molar-refractivity contribution is 0.974. The van der Waals surface area contributed by atoms with E-state index in [0.29, 0.717) is 32.6 Å². The quantitative estimate of drug-likeness (QED) is 0.514. The molecule has 4 nitrogen and oxygen atoms in total. The van der Waals surface area contributed by atoms with Crippen LogP contribution in [-0.2, 0) is 0 Å². The third-order valence-corrected chi connectivity index (χ3v) is 4.43. The summed E-state index contributed by atoms with van der Waals surface area (Å²) in [6.07, 6.45) is 0. The van der Waals surface area contributed by atoms with Gasteiger partial charge in [-0.1, -0.05) is 41.4 Å². The molecule has 3 aromatic carbocycles. The van der Waals surface area contributed by atoms with Gasteiger partial charge in [0.25, 0.3) is 5.56 Å². The van der Waals surface area contributed by atoms with Crippen LogP contribution in [0.25, 0.3) is 16.6 Å². The van der Waals surface area contributed by atoms with Crippen LogP contribution in [0.3, 0.4) is 0 Å². The van der Waals surface area contributed by atoms with Gasteiger partial charge in [-0.15, -0.1) is 0 Å². The summed E-state index contributed by atoms with van der Waals surface area (Å²) in [5, 5.41) is 4.80. The molecule has 0 spiro atoms. The van der Waals surface area contributed by atoms with Gasteiger partial charge in [-0.05, 0) is 54.6 Å². The summed E-state index contributed by atoms with van der Waals surface area (Å²) >= 11 is 12.0. The number of fused-ring (bicyclic) bond motifs is 1. The van der Waals surface area contributed by atoms with Crippen molar-refractivity contribution in [2.24, 2.45) is 0 Å². The van der Waals surface area contributed by atoms with Gasteiger partial charge in [-0.25, -0.2) is 9.55 Å². The second-order valence-corrected chi connectivity index (χ2v) is 6.58. The molecule has 0 bridgehead atoms. The number of anilines is 2. The molecule has 1 aromatic heterocycles. The Labute approximate surface area is 159 Å². The van der Waals surface area contributed by atoms with E-state index in [9.17, 15) is 4.79 Å². The smallest absolute Gasteiger partial charge is 0.267 e. The number of hydrogen-bond acceptors (Lipinski definition) is 3. The van der Waals surface area contributed by atoms with Crippen LogP contribution in [0.15, 0.2) is 77.6 Å². The predicted octanol–water partition coefficient (Wildman–Crippen LogP) is 5.44. The summed E-state index contributed by atoms with van der Waals surface area (Å²) in [7, 11) is 0. The summed E-state index contributed by atoms with van der Waals surface area (Å²) in [6.45, 7) is 0. The highest BCUT2D eigenvalue weighted by Crippen LogP contribution is 2.22. The summed E-state index contributed by atoms with van der Waals surface area (Å²) in [5.41, 5.74) is 1.87. The standard InChI is InChI=1S/C20H13Cl2N3O/c21-13-6-9-15(10-7-13)23-20-24-18-11-8-14(22)12-17(18)19(26)25(20)16-4-2-1-3-5-16/h1-12H,(H,23,24). The molecule has 0 unspecified atom stereocenters. The van der Waals surface area contributed by atoms with Gasteiger partial charge in [0, 0.05) is 15.7 Å². The lowest BCUT2D eigenvalue weighted by Gasteiger charge is -2.15. The molecule has 1 N–H and O–H groups in total. The van der Waals surface area contributed by atoms with Gasteiger partial charge in [0.2, 0.25) is 5.95 Å². The van der Waals surface area contributed by atoms with Crippen molar-refractivity contribution in [2.75, 3.05) is 5.32 Å². The summed E-state index contributed by atoms with van der Waals surface area (Å²) in [4.78, 5) is 17.8. The molecule has 0 aliphatic rings. The van der Waals surface area contributed by atoms with Crippen LogP contribution >= 0.6 is 23.2 Å². The number of nitrogens with zero attached hydrogens (tertiary/aromatic N) is 2. The molecule has 1 heterocycles. The Hall–Kier alpha value is -2.82. The van der Waals surface area contributed by atoms with Crippen LogP contribution < -0.4 is 10.9 Å². The fourth-order valence-electron chi connectivity index (χ4n) is 2.72. The Bertz CT molecular complexity index is 1140. The summed E-state index contributed by atoms with van der Waals surface area (Å²) < 4.78 is 1.53. The van der Waals surface area contributed by atoms with E-state index in [4.69, 9.17) is 23.2 Å². The lowest BCUT2D eigenvalue weighted by Crippen LogP contribution is -2.22. The maximum absolute atomic E-state index is 13.1. The number of halogens is 2. The van der Waals surface area contributed by atoms with Crippen molar-refractivity contribution in [1.82, 2.24) is 9.55 Å². The Morgan fingerprint density at radius 1 is 0.846 bits per heavy atom. The van der Waals surface area contributed by atoms with E-state index in [1.165, 1.54) is 4.57 Å². The van der Waals surface area contributed by atoms with Gasteiger partial charge in [-0.3, -0.25) is 4.79 Å². The van der Waals surface area contributed by atoms with E-state index in [1.807, 2.05) is 42.5 Å². The maximum Gasteiger partial charge on any atom is 0.267 e. The van der Waals surface area contributed by atoms with E-state index in [2.05, 4.69) is 10.3 Å². The van der Waals surface area contributed by atoms with Crippen molar-refractivity contribution in [2.45, 2.75) is 0 Å². The molecular weight excluding hydrogens is 369 g/mol. The van der Waals surface area contributed by atoms with Crippen molar-refractivity contribution in [3.63, 3.8) is 0 Å². The van der Waals surface area contributed by atoms with E-state index in [0.717, 1.165) is 5.69 Å². The van der Waals surface area contributed by atoms with Crippen molar-refractivity contribution >= 4 is 45.7 Å². The average Bonchev–Trinajstić information content (AvgIpc) is 2.65. The zero-order valence-corrected chi connectivity index (χ0v) is 15.0. The minimum Gasteiger partial charge on any atom is -0.325 e. The van der Waals surface area contributed by atoms with Gasteiger partial charge < -0.3 is 5.32 Å². The molecule has 0 saturated carbocycles. The van der Waals surface area contributed by atoms with Crippen LogP contribution in [0.2, 0.25) is 10.0 Å². The summed E-state index contributed by atoms with van der Waals surface area (Å²) in [5.74, 6) is 0.415. The van der Waals surface area contributed by atoms with Crippen molar-refractivity contribution in [3.8, 4) is 5.69 Å². The van der Waals surface area contributed by atoms with E-state index < -0.39 is 0 Å². The van der Waals surface area contributed by atoms with E-state index in [-0.39, 0.29) is 5.56 Å². The SMILES string of the molecule is O=c1c2cc(Cl)ccc2nc(Nc2ccc(Cl)cc2)n1-c1ccccc1. The van der Waals surface area contributed by atoms with Crippen LogP contribution in [0.4, 0.5) is 11.6 Å². The minimum atomic E-state index is -0.194. The number of nitrogens with one attached hydrogen (secondary N) is 1. The van der Waals surface area contributed by atoms with Gasteiger partial charge >= 0.3 is 0 Å². The zero-order valence-electron chi connectivity index (χ0n) is 13.5. The normalized spacial score (nSPS) is 10.8. The zero-order chi connectivity index (χ0) is 18.1. The first-order valence-electron chi connectivity index (χ1n) is 7.92. The number of hydrogen-bond donors (Lipinski definition) is 1. The Balaban J connectivity index is 1.96. The van der Waals surface area contributed by atoms with Crippen LogP contribution in [0, 0.1) is 0 Å². The number of para-hydroxylation sites is 1. The highest BCUT2D eigenvalue weighted by Gasteiger charge is 2.13. The molecule has 0 amide bonds. The fourth-order valence-corrected chi connectivity index (χ4v) is 3.02. The van der Waals surface area contributed by atoms with Gasteiger partial charge in [-0.2, -0.15) is 0 Å². The number of aromatic nitrogens is 2. The third kappa shape index (κ3) is 3.17. The molecule has 0 aliphatic carbocycles. The van der Waals surface area contributed by atoms with Gasteiger partial charge in [0.15, 0.2) is 0 Å². The molecule has 0 atom stereocenters. The highest BCUT2D eigenvalue weighted by atomic mass is 35.5. The van der Waals surface area contributed by atoms with Crippen LogP contribution in [-0.4, -0.2) is 9.55 Å². The highest BCUT2D eigenvalue weighted by molar-refractivity contribution is 6.31. The van der Waals surface area contributed by atoms with Gasteiger partial charge in [0.1, 0.15) is 0 Å². The molecule has 0 saturated heterocycles. The molecule has 0 aliphatic heterocycles. The maximum atomic E-state index is 13.1. The summed E-state index contributed by atoms with van der Waals surface area (Å²) in [6, 6.07) is 21.6. The molecular formula is C20H13Cl2N3O. The Morgan fingerprint density at radius 2 is 1.54 bits per heavy atom. The molecule has 4 rings (SSSR count).